The number of allylic oxidation sites excluding steroid dienone is 5. The van der Waals surface area contributed by atoms with Gasteiger partial charge in [-0.15, -0.1) is 0 Å². The van der Waals surface area contributed by atoms with E-state index in [1.165, 1.54) is 315 Å². The number of hydrogen-bond donors (Lipinski definition) is 3. The highest BCUT2D eigenvalue weighted by Crippen LogP contribution is 2.19. The summed E-state index contributed by atoms with van der Waals surface area (Å²) in [6.45, 7) is 4.91. The lowest BCUT2D eigenvalue weighted by atomic mass is 10.0. The van der Waals surface area contributed by atoms with E-state index in [-0.39, 0.29) is 18.5 Å². The molecule has 79 heavy (non-hydrogen) atoms. The van der Waals surface area contributed by atoms with Crippen molar-refractivity contribution in [3.63, 3.8) is 0 Å². The van der Waals surface area contributed by atoms with E-state index in [0.717, 1.165) is 51.4 Å². The van der Waals surface area contributed by atoms with Gasteiger partial charge in [0.1, 0.15) is 0 Å². The van der Waals surface area contributed by atoms with Crippen LogP contribution in [0.1, 0.15) is 393 Å². The second kappa shape index (κ2) is 68.6. The van der Waals surface area contributed by atoms with Crippen LogP contribution in [0.25, 0.3) is 0 Å². The summed E-state index contributed by atoms with van der Waals surface area (Å²) < 4.78 is 5.51. The Balaban J connectivity index is 3.36. The van der Waals surface area contributed by atoms with Crippen LogP contribution in [0.2, 0.25) is 0 Å². The summed E-state index contributed by atoms with van der Waals surface area (Å²) in [4.78, 5) is 24.6. The Labute approximate surface area is 494 Å². The minimum atomic E-state index is -0.843. The van der Waals surface area contributed by atoms with Crippen LogP contribution >= 0.6 is 0 Å². The molecule has 0 fully saturated rings. The van der Waals surface area contributed by atoms with Gasteiger partial charge < -0.3 is 20.3 Å². The average Bonchev–Trinajstić information content (AvgIpc) is 3.45. The number of unbranched alkanes of at least 4 members (excludes halogenated alkanes) is 52. The minimum absolute atomic E-state index is 0.0136. The van der Waals surface area contributed by atoms with E-state index in [2.05, 4.69) is 43.5 Å². The van der Waals surface area contributed by atoms with Crippen LogP contribution in [0, 0.1) is 0 Å². The zero-order chi connectivity index (χ0) is 57.1. The fraction of sp³-hybridized carbons (Fsp3) is 0.890. The second-order valence-corrected chi connectivity index (χ2v) is 24.6. The van der Waals surface area contributed by atoms with Crippen molar-refractivity contribution in [3.05, 3.63) is 36.5 Å². The smallest absolute Gasteiger partial charge is 0.305 e. The van der Waals surface area contributed by atoms with Gasteiger partial charge >= 0.3 is 5.97 Å². The van der Waals surface area contributed by atoms with Crippen LogP contribution < -0.4 is 5.32 Å². The van der Waals surface area contributed by atoms with Crippen LogP contribution in [-0.2, 0) is 14.3 Å². The zero-order valence-corrected chi connectivity index (χ0v) is 53.4. The van der Waals surface area contributed by atoms with Gasteiger partial charge in [0.25, 0.3) is 0 Å². The number of carbonyl (C=O) groups excluding carboxylic acids is 2. The first-order chi connectivity index (χ1) is 39.0. The SMILES string of the molecule is CCCCC/C=C\C/C=C\CCCCCCCCCCCC(=O)OCCCCCCCCCCCCCCCCCCCCCCCCCCCCC(=O)NC(CO)C(O)/C=C/CCCCCCCCCCCCCCCCC. The highest BCUT2D eigenvalue weighted by Gasteiger charge is 2.18. The topological polar surface area (TPSA) is 95.9 Å². The van der Waals surface area contributed by atoms with Gasteiger partial charge in [0.05, 0.1) is 25.4 Å². The number of nitrogens with one attached hydrogen (secondary N) is 1. The van der Waals surface area contributed by atoms with E-state index in [1.807, 2.05) is 6.08 Å². The number of aliphatic hydroxyl groups excluding tert-OH is 2. The number of hydrogen-bond acceptors (Lipinski definition) is 5. The minimum Gasteiger partial charge on any atom is -0.466 e. The number of esters is 1. The maximum atomic E-state index is 12.5. The standard InChI is InChI=1S/C73H139NO5/c1-3-5-7-9-11-13-15-17-19-21-30-35-39-43-47-51-55-59-63-67-73(78)79-68-64-60-56-52-48-44-40-36-32-29-27-25-23-22-24-26-28-31-34-38-42-46-50-54-58-62-66-72(77)74-70(69-75)71(76)65-61-57-53-49-45-41-37-33-20-18-16-14-12-10-8-6-4-2/h11,13,17,19,61,65,70-71,75-76H,3-10,12,14-16,18,20-60,62-64,66-69H2,1-2H3,(H,74,77)/b13-11-,19-17-,65-61+. The molecule has 6 nitrogen and oxygen atoms in total. The Kier molecular flexibility index (Phi) is 66.9. The van der Waals surface area contributed by atoms with Crippen LogP contribution in [0.4, 0.5) is 0 Å². The van der Waals surface area contributed by atoms with Gasteiger partial charge in [-0.2, -0.15) is 0 Å². The first-order valence-corrected chi connectivity index (χ1v) is 35.8. The highest BCUT2D eigenvalue weighted by molar-refractivity contribution is 5.76. The summed E-state index contributed by atoms with van der Waals surface area (Å²) in [5.41, 5.74) is 0. The molecule has 0 aliphatic rings. The van der Waals surface area contributed by atoms with Crippen molar-refractivity contribution >= 4 is 11.9 Å². The van der Waals surface area contributed by atoms with Gasteiger partial charge in [-0.1, -0.05) is 352 Å². The molecule has 466 valence electrons. The predicted molar refractivity (Wildman–Crippen MR) is 347 cm³/mol. The molecule has 3 N–H and O–H groups in total. The summed E-state index contributed by atoms with van der Waals surface area (Å²) in [6.07, 6.45) is 87.9. The van der Waals surface area contributed by atoms with Crippen LogP contribution in [0.15, 0.2) is 36.5 Å². The Hall–Kier alpha value is -1.92. The molecular weight excluding hydrogens is 971 g/mol. The van der Waals surface area contributed by atoms with Crippen molar-refractivity contribution in [3.8, 4) is 0 Å². The largest absolute Gasteiger partial charge is 0.466 e. The van der Waals surface area contributed by atoms with Crippen molar-refractivity contribution in [2.75, 3.05) is 13.2 Å². The monoisotopic (exact) mass is 1110 g/mol. The summed E-state index contributed by atoms with van der Waals surface area (Å²) in [5, 5.41) is 23.2. The lowest BCUT2D eigenvalue weighted by molar-refractivity contribution is -0.143. The number of carbonyl (C=O) groups is 2. The van der Waals surface area contributed by atoms with E-state index >= 15 is 0 Å². The first-order valence-electron chi connectivity index (χ1n) is 35.8. The molecule has 0 radical (unpaired) electrons. The molecule has 0 rings (SSSR count). The molecule has 0 aliphatic carbocycles. The van der Waals surface area contributed by atoms with Crippen molar-refractivity contribution in [1.29, 1.82) is 0 Å². The number of aliphatic hydroxyl groups is 2. The van der Waals surface area contributed by atoms with Crippen molar-refractivity contribution in [2.24, 2.45) is 0 Å². The van der Waals surface area contributed by atoms with Crippen LogP contribution in [0.5, 0.6) is 0 Å². The Morgan fingerprint density at radius 3 is 0.987 bits per heavy atom. The lowest BCUT2D eigenvalue weighted by Gasteiger charge is -2.20. The molecule has 0 spiro atoms. The third-order valence-electron chi connectivity index (χ3n) is 16.7. The van der Waals surface area contributed by atoms with Gasteiger partial charge in [0.2, 0.25) is 5.91 Å². The lowest BCUT2D eigenvalue weighted by Crippen LogP contribution is -2.45. The maximum absolute atomic E-state index is 12.5. The Morgan fingerprint density at radius 2 is 0.633 bits per heavy atom. The molecule has 6 heteroatoms. The third-order valence-corrected chi connectivity index (χ3v) is 16.7. The van der Waals surface area contributed by atoms with Crippen molar-refractivity contribution in [1.82, 2.24) is 5.32 Å². The molecule has 0 saturated carbocycles. The predicted octanol–water partition coefficient (Wildman–Crippen LogP) is 23.1. The molecule has 0 saturated heterocycles. The van der Waals surface area contributed by atoms with Gasteiger partial charge in [-0.25, -0.2) is 0 Å². The normalized spacial score (nSPS) is 12.7. The molecular formula is C73H139NO5. The molecule has 0 heterocycles. The molecule has 0 aromatic heterocycles. The molecule has 0 bridgehead atoms. The number of ether oxygens (including phenoxy) is 1. The van der Waals surface area contributed by atoms with E-state index in [4.69, 9.17) is 4.74 Å². The molecule has 1 amide bonds. The van der Waals surface area contributed by atoms with Gasteiger partial charge in [-0.05, 0) is 64.2 Å². The Morgan fingerprint density at radius 1 is 0.354 bits per heavy atom. The summed E-state index contributed by atoms with van der Waals surface area (Å²) in [6, 6.07) is -0.627. The fourth-order valence-corrected chi connectivity index (χ4v) is 11.2. The molecule has 0 aromatic carbocycles. The second-order valence-electron chi connectivity index (χ2n) is 24.6. The summed E-state index contributed by atoms with van der Waals surface area (Å²) in [5.74, 6) is -0.0493. The zero-order valence-electron chi connectivity index (χ0n) is 53.4. The van der Waals surface area contributed by atoms with Crippen molar-refractivity contribution < 1.29 is 24.5 Å². The molecule has 2 atom stereocenters. The van der Waals surface area contributed by atoms with E-state index in [0.29, 0.717) is 19.4 Å². The third kappa shape index (κ3) is 65.1. The van der Waals surface area contributed by atoms with Gasteiger partial charge in [0, 0.05) is 12.8 Å². The Bertz CT molecular complexity index is 1280. The average molecular weight is 1110 g/mol. The molecule has 0 aromatic rings. The van der Waals surface area contributed by atoms with Crippen LogP contribution in [-0.4, -0.2) is 47.4 Å². The van der Waals surface area contributed by atoms with Gasteiger partial charge in [0.15, 0.2) is 0 Å². The van der Waals surface area contributed by atoms with E-state index in [9.17, 15) is 19.8 Å². The number of amides is 1. The summed E-state index contributed by atoms with van der Waals surface area (Å²) in [7, 11) is 0. The van der Waals surface area contributed by atoms with E-state index in [1.54, 1.807) is 6.08 Å². The van der Waals surface area contributed by atoms with E-state index < -0.39 is 12.1 Å². The number of rotatable bonds is 67. The van der Waals surface area contributed by atoms with Gasteiger partial charge in [-0.3, -0.25) is 9.59 Å². The quantitative estimate of drug-likeness (QED) is 0.0320. The molecule has 2 unspecified atom stereocenters. The molecule has 0 aliphatic heterocycles. The van der Waals surface area contributed by atoms with Crippen LogP contribution in [0.3, 0.4) is 0 Å². The maximum Gasteiger partial charge on any atom is 0.305 e. The first kappa shape index (κ1) is 77.1. The summed E-state index contributed by atoms with van der Waals surface area (Å²) >= 11 is 0. The van der Waals surface area contributed by atoms with Crippen molar-refractivity contribution in [2.45, 2.75) is 405 Å². The highest BCUT2D eigenvalue weighted by atomic mass is 16.5. The fourth-order valence-electron chi connectivity index (χ4n) is 11.2.